The van der Waals surface area contributed by atoms with Gasteiger partial charge >= 0.3 is 0 Å². The molecular formula is C19H27N3O2. The predicted molar refractivity (Wildman–Crippen MR) is 96.9 cm³/mol. The van der Waals surface area contributed by atoms with Crippen molar-refractivity contribution in [2.45, 2.75) is 26.2 Å². The number of benzene rings is 1. The molecule has 0 spiro atoms. The molecule has 24 heavy (non-hydrogen) atoms. The standard InChI is InChI=1S/C19H27N3O2/c1-3-19(23)21-11-4-5-14-24-15-13-22(12-7-10-20)18-9-6-8-17(2)16-18/h3,6,8-9,16H,1,4-5,7,11-15H2,2H3,(H,21,23). The van der Waals surface area contributed by atoms with Gasteiger partial charge in [-0.1, -0.05) is 18.7 Å². The van der Waals surface area contributed by atoms with E-state index in [4.69, 9.17) is 10.00 Å². The van der Waals surface area contributed by atoms with Gasteiger partial charge < -0.3 is 15.0 Å². The molecule has 1 aromatic carbocycles. The lowest BCUT2D eigenvalue weighted by atomic mass is 10.2. The normalized spacial score (nSPS) is 10.0. The summed E-state index contributed by atoms with van der Waals surface area (Å²) in [5.41, 5.74) is 2.33. The lowest BCUT2D eigenvalue weighted by molar-refractivity contribution is -0.116. The van der Waals surface area contributed by atoms with Crippen molar-refractivity contribution in [1.82, 2.24) is 5.32 Å². The number of unbranched alkanes of at least 4 members (excludes halogenated alkanes) is 1. The van der Waals surface area contributed by atoms with Crippen LogP contribution in [0.1, 0.15) is 24.8 Å². The van der Waals surface area contributed by atoms with Gasteiger partial charge in [0.25, 0.3) is 0 Å². The molecule has 0 aliphatic carbocycles. The van der Waals surface area contributed by atoms with Crippen LogP contribution < -0.4 is 10.2 Å². The Hall–Kier alpha value is -2.32. The van der Waals surface area contributed by atoms with Crippen LogP contribution in [-0.4, -0.2) is 38.8 Å². The summed E-state index contributed by atoms with van der Waals surface area (Å²) in [7, 11) is 0. The van der Waals surface area contributed by atoms with Crippen LogP contribution in [0.4, 0.5) is 5.69 Å². The van der Waals surface area contributed by atoms with Crippen molar-refractivity contribution in [2.24, 2.45) is 0 Å². The van der Waals surface area contributed by atoms with Crippen molar-refractivity contribution in [3.05, 3.63) is 42.5 Å². The van der Waals surface area contributed by atoms with Crippen LogP contribution in [0, 0.1) is 18.3 Å². The van der Waals surface area contributed by atoms with Crippen LogP contribution >= 0.6 is 0 Å². The highest BCUT2D eigenvalue weighted by Crippen LogP contribution is 2.16. The van der Waals surface area contributed by atoms with Crippen LogP contribution in [0.2, 0.25) is 0 Å². The van der Waals surface area contributed by atoms with Gasteiger partial charge in [-0.3, -0.25) is 4.79 Å². The second kappa shape index (κ2) is 12.1. The highest BCUT2D eigenvalue weighted by Gasteiger charge is 2.06. The average Bonchev–Trinajstić information content (AvgIpc) is 2.59. The summed E-state index contributed by atoms with van der Waals surface area (Å²) in [5.74, 6) is -0.137. The fourth-order valence-electron chi connectivity index (χ4n) is 2.27. The molecule has 0 saturated heterocycles. The summed E-state index contributed by atoms with van der Waals surface area (Å²) in [5, 5.41) is 11.6. The third kappa shape index (κ3) is 8.35. The molecule has 5 nitrogen and oxygen atoms in total. The van der Waals surface area contributed by atoms with Crippen LogP contribution in [0.5, 0.6) is 0 Å². The number of hydrogen-bond acceptors (Lipinski definition) is 4. The van der Waals surface area contributed by atoms with Gasteiger partial charge in [-0.15, -0.1) is 0 Å². The van der Waals surface area contributed by atoms with Crippen molar-refractivity contribution in [3.63, 3.8) is 0 Å². The van der Waals surface area contributed by atoms with Crippen molar-refractivity contribution >= 4 is 11.6 Å². The fraction of sp³-hybridized carbons (Fsp3) is 0.474. The van der Waals surface area contributed by atoms with Crippen LogP contribution in [-0.2, 0) is 9.53 Å². The van der Waals surface area contributed by atoms with Crippen molar-refractivity contribution in [3.8, 4) is 6.07 Å². The Labute approximate surface area is 144 Å². The molecule has 1 aromatic rings. The highest BCUT2D eigenvalue weighted by atomic mass is 16.5. The summed E-state index contributed by atoms with van der Waals surface area (Å²) < 4.78 is 5.67. The number of carbonyl (C=O) groups excluding carboxylic acids is 1. The minimum atomic E-state index is -0.137. The minimum absolute atomic E-state index is 0.137. The second-order valence-electron chi connectivity index (χ2n) is 5.55. The number of nitriles is 1. The molecule has 1 N–H and O–H groups in total. The molecule has 0 bridgehead atoms. The first kappa shape index (κ1) is 19.7. The number of amides is 1. The Morgan fingerprint density at radius 1 is 1.38 bits per heavy atom. The summed E-state index contributed by atoms with van der Waals surface area (Å²) in [6.07, 6.45) is 3.56. The number of nitrogens with one attached hydrogen (secondary N) is 1. The SMILES string of the molecule is C=CC(=O)NCCCCOCCN(CCC#N)c1cccc(C)c1. The van der Waals surface area contributed by atoms with Crippen molar-refractivity contribution in [1.29, 1.82) is 5.26 Å². The zero-order valence-corrected chi connectivity index (χ0v) is 14.5. The summed E-state index contributed by atoms with van der Waals surface area (Å²) >= 11 is 0. The van der Waals surface area contributed by atoms with Gasteiger partial charge in [0.15, 0.2) is 0 Å². The van der Waals surface area contributed by atoms with Crippen LogP contribution in [0.25, 0.3) is 0 Å². The first-order chi connectivity index (χ1) is 11.7. The summed E-state index contributed by atoms with van der Waals surface area (Å²) in [6.45, 7) is 8.88. The number of rotatable bonds is 12. The third-order valence-corrected chi connectivity index (χ3v) is 3.57. The molecule has 0 saturated carbocycles. The zero-order valence-electron chi connectivity index (χ0n) is 14.5. The molecule has 0 aromatic heterocycles. The van der Waals surface area contributed by atoms with E-state index in [0.29, 0.717) is 32.7 Å². The smallest absolute Gasteiger partial charge is 0.243 e. The number of nitrogens with zero attached hydrogens (tertiary/aromatic N) is 2. The van der Waals surface area contributed by atoms with Gasteiger partial charge in [0.05, 0.1) is 19.1 Å². The number of anilines is 1. The molecule has 0 aliphatic heterocycles. The summed E-state index contributed by atoms with van der Waals surface area (Å²) in [4.78, 5) is 13.2. The Morgan fingerprint density at radius 2 is 2.21 bits per heavy atom. The summed E-state index contributed by atoms with van der Waals surface area (Å²) in [6, 6.07) is 10.5. The first-order valence-corrected chi connectivity index (χ1v) is 8.34. The van der Waals surface area contributed by atoms with Crippen LogP contribution in [0.3, 0.4) is 0 Å². The number of carbonyl (C=O) groups is 1. The van der Waals surface area contributed by atoms with E-state index in [1.807, 2.05) is 6.07 Å². The molecule has 5 heteroatoms. The molecule has 0 radical (unpaired) electrons. The maximum atomic E-state index is 11.0. The molecule has 0 heterocycles. The third-order valence-electron chi connectivity index (χ3n) is 3.57. The topological polar surface area (TPSA) is 65.4 Å². The van der Waals surface area contributed by atoms with E-state index >= 15 is 0 Å². The van der Waals surface area contributed by atoms with Crippen molar-refractivity contribution < 1.29 is 9.53 Å². The Bertz CT molecular complexity index is 552. The lowest BCUT2D eigenvalue weighted by Crippen LogP contribution is -2.28. The molecule has 0 unspecified atom stereocenters. The molecule has 0 atom stereocenters. The molecule has 130 valence electrons. The fourth-order valence-corrected chi connectivity index (χ4v) is 2.27. The molecular weight excluding hydrogens is 302 g/mol. The quantitative estimate of drug-likeness (QED) is 0.473. The highest BCUT2D eigenvalue weighted by molar-refractivity contribution is 5.86. The molecule has 1 amide bonds. The Morgan fingerprint density at radius 3 is 2.92 bits per heavy atom. The minimum Gasteiger partial charge on any atom is -0.380 e. The van der Waals surface area contributed by atoms with Crippen LogP contribution in [0.15, 0.2) is 36.9 Å². The van der Waals surface area contributed by atoms with E-state index in [0.717, 1.165) is 25.1 Å². The van der Waals surface area contributed by atoms with Gasteiger partial charge in [-0.05, 0) is 43.5 Å². The van der Waals surface area contributed by atoms with E-state index in [-0.39, 0.29) is 5.91 Å². The maximum Gasteiger partial charge on any atom is 0.243 e. The largest absolute Gasteiger partial charge is 0.380 e. The van der Waals surface area contributed by atoms with E-state index < -0.39 is 0 Å². The maximum absolute atomic E-state index is 11.0. The number of aryl methyl sites for hydroxylation is 1. The van der Waals surface area contributed by atoms with Gasteiger partial charge in [0.1, 0.15) is 0 Å². The van der Waals surface area contributed by atoms with Crippen molar-refractivity contribution in [2.75, 3.05) is 37.7 Å². The van der Waals surface area contributed by atoms with E-state index in [2.05, 4.69) is 48.0 Å². The number of hydrogen-bond donors (Lipinski definition) is 1. The molecule has 0 fully saturated rings. The predicted octanol–water partition coefficient (Wildman–Crippen LogP) is 2.81. The van der Waals surface area contributed by atoms with E-state index in [1.165, 1.54) is 11.6 Å². The Kier molecular flexibility index (Phi) is 9.98. The molecule has 0 aliphatic rings. The van der Waals surface area contributed by atoms with E-state index in [1.54, 1.807) is 0 Å². The number of ether oxygens (including phenoxy) is 1. The average molecular weight is 329 g/mol. The van der Waals surface area contributed by atoms with E-state index in [9.17, 15) is 4.79 Å². The first-order valence-electron chi connectivity index (χ1n) is 8.34. The van der Waals surface area contributed by atoms with Gasteiger partial charge in [-0.25, -0.2) is 0 Å². The van der Waals surface area contributed by atoms with Gasteiger partial charge in [-0.2, -0.15) is 5.26 Å². The van der Waals surface area contributed by atoms with Gasteiger partial charge in [0.2, 0.25) is 5.91 Å². The second-order valence-corrected chi connectivity index (χ2v) is 5.55. The Balaban J connectivity index is 2.24. The molecule has 1 rings (SSSR count). The monoisotopic (exact) mass is 329 g/mol. The lowest BCUT2D eigenvalue weighted by Gasteiger charge is -2.24. The van der Waals surface area contributed by atoms with Gasteiger partial charge in [0, 0.05) is 31.9 Å². The zero-order chi connectivity index (χ0) is 17.6.